The first-order chi connectivity index (χ1) is 9.94. The lowest BCUT2D eigenvalue weighted by atomic mass is 9.83. The zero-order valence-electron chi connectivity index (χ0n) is 13.5. The first-order valence-electron chi connectivity index (χ1n) is 7.73. The van der Waals surface area contributed by atoms with Crippen LogP contribution in [0.15, 0.2) is 42.5 Å². The van der Waals surface area contributed by atoms with E-state index in [-0.39, 0.29) is 5.54 Å². The fourth-order valence-corrected chi connectivity index (χ4v) is 3.24. The molecule has 1 heterocycles. The molecule has 3 rings (SSSR count). The molecule has 0 aromatic heterocycles. The van der Waals surface area contributed by atoms with E-state index in [0.717, 1.165) is 12.8 Å². The highest BCUT2D eigenvalue weighted by Gasteiger charge is 2.32. The lowest BCUT2D eigenvalue weighted by Crippen LogP contribution is -2.88. The van der Waals surface area contributed by atoms with Crippen molar-refractivity contribution in [2.75, 3.05) is 0 Å². The van der Waals surface area contributed by atoms with Crippen molar-refractivity contribution in [3.8, 4) is 0 Å². The van der Waals surface area contributed by atoms with Crippen LogP contribution in [0.2, 0.25) is 0 Å². The second-order valence-corrected chi connectivity index (χ2v) is 6.92. The van der Waals surface area contributed by atoms with E-state index in [1.807, 2.05) is 0 Å². The van der Waals surface area contributed by atoms with E-state index in [0.29, 0.717) is 0 Å². The second kappa shape index (κ2) is 5.14. The number of rotatable bonds is 2. The highest BCUT2D eigenvalue weighted by Crippen LogP contribution is 2.23. The van der Waals surface area contributed by atoms with Gasteiger partial charge in [-0.2, -0.15) is 0 Å². The summed E-state index contributed by atoms with van der Waals surface area (Å²) in [7, 11) is 0. The summed E-state index contributed by atoms with van der Waals surface area (Å²) in [5.41, 5.74) is 8.50. The molecular weight excluding hydrogens is 254 g/mol. The number of benzene rings is 2. The lowest BCUT2D eigenvalue weighted by molar-refractivity contribution is -0.546. The maximum absolute atomic E-state index is 3.76. The third-order valence-electron chi connectivity index (χ3n) is 4.39. The zero-order valence-corrected chi connectivity index (χ0v) is 13.5. The van der Waals surface area contributed by atoms with E-state index < -0.39 is 0 Å². The van der Waals surface area contributed by atoms with Crippen molar-refractivity contribution in [1.29, 1.82) is 0 Å². The molecule has 1 aliphatic heterocycles. The van der Waals surface area contributed by atoms with Crippen molar-refractivity contribution in [2.45, 2.75) is 46.1 Å². The van der Waals surface area contributed by atoms with Gasteiger partial charge in [-0.25, -0.2) is 4.99 Å². The maximum Gasteiger partial charge on any atom is 0.186 e. The van der Waals surface area contributed by atoms with Gasteiger partial charge in [-0.15, -0.1) is 0 Å². The van der Waals surface area contributed by atoms with Gasteiger partial charge in [-0.1, -0.05) is 36.4 Å². The van der Waals surface area contributed by atoms with Gasteiger partial charge in [0.05, 0.1) is 6.42 Å². The van der Waals surface area contributed by atoms with Crippen LogP contribution in [0, 0.1) is 13.8 Å². The lowest BCUT2D eigenvalue weighted by Gasteiger charge is -2.24. The Hall–Kier alpha value is -1.89. The molecule has 1 nitrogen and oxygen atoms in total. The molecule has 2 aromatic rings. The third-order valence-corrected chi connectivity index (χ3v) is 4.39. The molecule has 0 radical (unpaired) electrons. The summed E-state index contributed by atoms with van der Waals surface area (Å²) in [4.78, 5) is 3.76. The smallest absolute Gasteiger partial charge is 0.186 e. The van der Waals surface area contributed by atoms with Crippen LogP contribution in [-0.2, 0) is 12.8 Å². The fraction of sp³-hybridized carbons (Fsp3) is 0.350. The maximum atomic E-state index is 3.76. The average Bonchev–Trinajstić information content (AvgIpc) is 2.41. The van der Waals surface area contributed by atoms with Gasteiger partial charge in [0.2, 0.25) is 0 Å². The highest BCUT2D eigenvalue weighted by molar-refractivity contribution is 5.99. The molecule has 1 heteroatoms. The topological polar surface area (TPSA) is 14.0 Å². The van der Waals surface area contributed by atoms with Crippen molar-refractivity contribution in [3.05, 3.63) is 70.3 Å². The average molecular weight is 278 g/mol. The predicted molar refractivity (Wildman–Crippen MR) is 88.9 cm³/mol. The number of hydrogen-bond donors (Lipinski definition) is 1. The minimum absolute atomic E-state index is 0.124. The van der Waals surface area contributed by atoms with Crippen molar-refractivity contribution < 1.29 is 4.99 Å². The molecule has 0 aliphatic carbocycles. The Morgan fingerprint density at radius 3 is 2.38 bits per heavy atom. The molecule has 0 unspecified atom stereocenters. The molecule has 0 bridgehead atoms. The summed E-state index contributed by atoms with van der Waals surface area (Å²) in [5, 5.41) is 0. The zero-order chi connectivity index (χ0) is 15.0. The monoisotopic (exact) mass is 278 g/mol. The minimum Gasteiger partial charge on any atom is -0.240 e. The molecular formula is C20H24N+. The normalized spacial score (nSPS) is 16.3. The molecule has 1 aliphatic rings. The van der Waals surface area contributed by atoms with Crippen molar-refractivity contribution in [2.24, 2.45) is 0 Å². The number of nitrogens with one attached hydrogen (secondary N) is 1. The number of fused-ring (bicyclic) bond motifs is 1. The van der Waals surface area contributed by atoms with Gasteiger partial charge in [0.25, 0.3) is 0 Å². The number of aryl methyl sites for hydroxylation is 2. The molecule has 1 N–H and O–H groups in total. The van der Waals surface area contributed by atoms with Crippen LogP contribution in [0.3, 0.4) is 0 Å². The van der Waals surface area contributed by atoms with Gasteiger partial charge < -0.3 is 0 Å². The summed E-state index contributed by atoms with van der Waals surface area (Å²) in [6.45, 7) is 8.99. The Bertz CT molecular complexity index is 693. The van der Waals surface area contributed by atoms with E-state index >= 15 is 0 Å². The van der Waals surface area contributed by atoms with Crippen LogP contribution in [-0.4, -0.2) is 11.3 Å². The molecule has 2 aromatic carbocycles. The van der Waals surface area contributed by atoms with Gasteiger partial charge in [0.1, 0.15) is 0 Å². The van der Waals surface area contributed by atoms with E-state index in [1.54, 1.807) is 0 Å². The molecule has 0 saturated heterocycles. The third kappa shape index (κ3) is 2.92. The van der Waals surface area contributed by atoms with Gasteiger partial charge in [-0.3, -0.25) is 0 Å². The van der Waals surface area contributed by atoms with Gasteiger partial charge in [0.15, 0.2) is 11.3 Å². The summed E-state index contributed by atoms with van der Waals surface area (Å²) < 4.78 is 0. The van der Waals surface area contributed by atoms with Crippen molar-refractivity contribution >= 4 is 5.71 Å². The van der Waals surface area contributed by atoms with Crippen molar-refractivity contribution in [3.63, 3.8) is 0 Å². The molecule has 0 amide bonds. The molecule has 21 heavy (non-hydrogen) atoms. The Morgan fingerprint density at radius 1 is 1.00 bits per heavy atom. The first kappa shape index (κ1) is 14.1. The predicted octanol–water partition coefficient (Wildman–Crippen LogP) is 2.75. The first-order valence-corrected chi connectivity index (χ1v) is 7.73. The Balaban J connectivity index is 2.06. The Kier molecular flexibility index (Phi) is 3.44. The number of hydrogen-bond acceptors (Lipinski definition) is 0. The summed E-state index contributed by atoms with van der Waals surface area (Å²) >= 11 is 0. The van der Waals surface area contributed by atoms with E-state index in [9.17, 15) is 0 Å². The molecule has 0 saturated carbocycles. The summed E-state index contributed by atoms with van der Waals surface area (Å²) in [6.07, 6.45) is 2.06. The highest BCUT2D eigenvalue weighted by atomic mass is 14.9. The van der Waals surface area contributed by atoms with Crippen LogP contribution in [0.4, 0.5) is 0 Å². The minimum atomic E-state index is 0.124. The molecule has 0 spiro atoms. The summed E-state index contributed by atoms with van der Waals surface area (Å²) in [6, 6.07) is 15.4. The van der Waals surface area contributed by atoms with Crippen molar-refractivity contribution in [1.82, 2.24) is 0 Å². The standard InChI is InChI=1S/C20H23N/c1-14-10-17-13-20(3,4)21-19(18(17)11-15(14)2)12-16-8-6-5-7-9-16/h5-11H,12-13H2,1-4H3/p+1. The van der Waals surface area contributed by atoms with E-state index in [4.69, 9.17) is 0 Å². The quantitative estimate of drug-likeness (QED) is 0.868. The second-order valence-electron chi connectivity index (χ2n) is 6.92. The van der Waals surface area contributed by atoms with Gasteiger partial charge >= 0.3 is 0 Å². The van der Waals surface area contributed by atoms with E-state index in [1.165, 1.54) is 33.5 Å². The largest absolute Gasteiger partial charge is 0.240 e. The van der Waals surface area contributed by atoms with Crippen LogP contribution in [0.5, 0.6) is 0 Å². The summed E-state index contributed by atoms with van der Waals surface area (Å²) in [5.74, 6) is 0. The van der Waals surface area contributed by atoms with Crippen LogP contribution in [0.1, 0.15) is 41.7 Å². The molecule has 108 valence electrons. The molecule has 0 atom stereocenters. The van der Waals surface area contributed by atoms with E-state index in [2.05, 4.69) is 75.2 Å². The van der Waals surface area contributed by atoms with Crippen LogP contribution in [0.25, 0.3) is 0 Å². The van der Waals surface area contributed by atoms with Crippen LogP contribution >= 0.6 is 0 Å². The Morgan fingerprint density at radius 2 is 1.67 bits per heavy atom. The SMILES string of the molecule is Cc1cc2c(cc1C)C(Cc1ccccc1)=[NH+]C(C)(C)C2. The molecule has 0 fully saturated rings. The fourth-order valence-electron chi connectivity index (χ4n) is 3.24. The van der Waals surface area contributed by atoms with Gasteiger partial charge in [0, 0.05) is 25.8 Å². The van der Waals surface area contributed by atoms with Gasteiger partial charge in [-0.05, 0) is 42.2 Å². The van der Waals surface area contributed by atoms with Crippen LogP contribution < -0.4 is 4.99 Å². The Labute approximate surface area is 127 Å².